The molecule has 1 aliphatic heterocycles. The van der Waals surface area contributed by atoms with Gasteiger partial charge in [0.15, 0.2) is 0 Å². The first-order chi connectivity index (χ1) is 13.7. The van der Waals surface area contributed by atoms with Gasteiger partial charge in [0.25, 0.3) is 0 Å². The van der Waals surface area contributed by atoms with Gasteiger partial charge in [0.05, 0.1) is 30.9 Å². The summed E-state index contributed by atoms with van der Waals surface area (Å²) in [7, 11) is 0. The van der Waals surface area contributed by atoms with Crippen LogP contribution in [0.4, 0.5) is 0 Å². The topological polar surface area (TPSA) is 71.9 Å². The van der Waals surface area contributed by atoms with Gasteiger partial charge in [-0.05, 0) is 16.8 Å². The summed E-state index contributed by atoms with van der Waals surface area (Å²) in [5, 5.41) is 13.8. The number of ether oxygens (including phenoxy) is 2. The van der Waals surface area contributed by atoms with E-state index in [9.17, 15) is 4.79 Å². The molecule has 0 radical (unpaired) electrons. The predicted molar refractivity (Wildman–Crippen MR) is 109 cm³/mol. The van der Waals surface area contributed by atoms with E-state index in [0.717, 1.165) is 59.9 Å². The largest absolute Gasteiger partial charge is 0.491 e. The number of aliphatic carboxylic acids is 1. The first kappa shape index (κ1) is 18.9. The van der Waals surface area contributed by atoms with Crippen LogP contribution >= 0.6 is 11.3 Å². The number of benzene rings is 2. The second-order valence-corrected chi connectivity index (χ2v) is 7.53. The summed E-state index contributed by atoms with van der Waals surface area (Å²) in [5.74, 6) is -0.0973. The summed E-state index contributed by atoms with van der Waals surface area (Å²) < 4.78 is 11.5. The Balaban J connectivity index is 1.61. The Bertz CT molecular complexity index is 966. The second kappa shape index (κ2) is 8.68. The molecule has 0 unspecified atom stereocenters. The van der Waals surface area contributed by atoms with Crippen LogP contribution in [0, 0.1) is 0 Å². The molecule has 1 fully saturated rings. The van der Waals surface area contributed by atoms with Gasteiger partial charge in [-0.1, -0.05) is 30.3 Å². The lowest BCUT2D eigenvalue weighted by Crippen LogP contribution is -2.38. The molecular weight excluding hydrogens is 376 g/mol. The molecule has 0 atom stereocenters. The van der Waals surface area contributed by atoms with Crippen molar-refractivity contribution in [2.75, 3.05) is 39.5 Å². The fraction of sp³-hybridized carbons (Fsp3) is 0.333. The number of fused-ring (bicyclic) bond motifs is 1. The van der Waals surface area contributed by atoms with Crippen molar-refractivity contribution >= 4 is 28.1 Å². The van der Waals surface area contributed by atoms with Crippen molar-refractivity contribution in [2.45, 2.75) is 6.42 Å². The highest BCUT2D eigenvalue weighted by Gasteiger charge is 2.17. The van der Waals surface area contributed by atoms with Crippen LogP contribution < -0.4 is 4.74 Å². The van der Waals surface area contributed by atoms with E-state index in [1.54, 1.807) is 0 Å². The molecule has 3 aromatic rings. The lowest BCUT2D eigenvalue weighted by molar-refractivity contribution is -0.136. The maximum absolute atomic E-state index is 11.0. The van der Waals surface area contributed by atoms with Crippen LogP contribution in [-0.4, -0.2) is 60.4 Å². The Morgan fingerprint density at radius 2 is 2.04 bits per heavy atom. The van der Waals surface area contributed by atoms with Gasteiger partial charge in [-0.2, -0.15) is 0 Å². The van der Waals surface area contributed by atoms with Crippen LogP contribution in [0.25, 0.3) is 21.3 Å². The third-order valence-corrected chi connectivity index (χ3v) is 5.67. The molecule has 1 aliphatic rings. The number of carboxylic acid groups (broad SMARTS) is 1. The van der Waals surface area contributed by atoms with Crippen LogP contribution in [0.15, 0.2) is 41.8 Å². The minimum Gasteiger partial charge on any atom is -0.491 e. The number of thiazole rings is 1. The Kier molecular flexibility index (Phi) is 5.85. The van der Waals surface area contributed by atoms with Crippen LogP contribution in [0.1, 0.15) is 5.69 Å². The molecule has 2 heterocycles. The quantitative estimate of drug-likeness (QED) is 0.658. The van der Waals surface area contributed by atoms with Crippen LogP contribution in [-0.2, 0) is 16.0 Å². The smallest absolute Gasteiger partial charge is 0.309 e. The third kappa shape index (κ3) is 4.32. The number of carboxylic acids is 1. The normalized spacial score (nSPS) is 15.0. The summed E-state index contributed by atoms with van der Waals surface area (Å²) in [6.07, 6.45) is -0.0749. The lowest BCUT2D eigenvalue weighted by atomic mass is 10.0. The first-order valence-electron chi connectivity index (χ1n) is 9.32. The monoisotopic (exact) mass is 398 g/mol. The Morgan fingerprint density at radius 3 is 2.86 bits per heavy atom. The highest BCUT2D eigenvalue weighted by atomic mass is 32.1. The zero-order chi connectivity index (χ0) is 19.3. The molecule has 0 saturated carbocycles. The number of hydrogen-bond donors (Lipinski definition) is 1. The van der Waals surface area contributed by atoms with E-state index >= 15 is 0 Å². The van der Waals surface area contributed by atoms with Gasteiger partial charge in [-0.15, -0.1) is 11.3 Å². The van der Waals surface area contributed by atoms with Gasteiger partial charge < -0.3 is 14.6 Å². The van der Waals surface area contributed by atoms with E-state index in [0.29, 0.717) is 12.3 Å². The lowest BCUT2D eigenvalue weighted by Gasteiger charge is -2.26. The molecular formula is C21H22N2O4S. The van der Waals surface area contributed by atoms with Gasteiger partial charge in [0, 0.05) is 25.0 Å². The molecule has 6 nitrogen and oxygen atoms in total. The summed E-state index contributed by atoms with van der Waals surface area (Å²) in [4.78, 5) is 17.9. The van der Waals surface area contributed by atoms with E-state index in [1.807, 2.05) is 23.6 Å². The number of hydrogen-bond acceptors (Lipinski definition) is 6. The average Bonchev–Trinajstić information content (AvgIpc) is 3.15. The van der Waals surface area contributed by atoms with Crippen molar-refractivity contribution in [1.29, 1.82) is 0 Å². The molecule has 4 rings (SSSR count). The highest BCUT2D eigenvalue weighted by molar-refractivity contribution is 7.13. The fourth-order valence-corrected chi connectivity index (χ4v) is 4.24. The zero-order valence-corrected chi connectivity index (χ0v) is 16.3. The van der Waals surface area contributed by atoms with Gasteiger partial charge in [-0.25, -0.2) is 4.98 Å². The maximum Gasteiger partial charge on any atom is 0.309 e. The van der Waals surface area contributed by atoms with E-state index < -0.39 is 5.97 Å². The third-order valence-electron chi connectivity index (χ3n) is 4.76. The molecule has 7 heteroatoms. The van der Waals surface area contributed by atoms with E-state index in [1.165, 1.54) is 11.3 Å². The molecule has 0 amide bonds. The molecule has 0 bridgehead atoms. The Morgan fingerprint density at radius 1 is 1.21 bits per heavy atom. The molecule has 1 aromatic heterocycles. The Hall–Kier alpha value is -2.48. The highest BCUT2D eigenvalue weighted by Crippen LogP contribution is 2.38. The summed E-state index contributed by atoms with van der Waals surface area (Å²) in [6.45, 7) is 4.83. The molecule has 146 valence electrons. The van der Waals surface area contributed by atoms with E-state index in [2.05, 4.69) is 28.1 Å². The number of aromatic nitrogens is 1. The average molecular weight is 398 g/mol. The van der Waals surface area contributed by atoms with Crippen LogP contribution in [0.2, 0.25) is 0 Å². The van der Waals surface area contributed by atoms with E-state index in [-0.39, 0.29) is 6.42 Å². The molecule has 28 heavy (non-hydrogen) atoms. The number of carbonyl (C=O) groups is 1. The van der Waals surface area contributed by atoms with Gasteiger partial charge in [-0.3, -0.25) is 9.69 Å². The molecule has 1 N–H and O–H groups in total. The molecule has 1 saturated heterocycles. The molecule has 2 aromatic carbocycles. The minimum atomic E-state index is -0.878. The fourth-order valence-electron chi connectivity index (χ4n) is 3.36. The van der Waals surface area contributed by atoms with E-state index in [4.69, 9.17) is 14.6 Å². The van der Waals surface area contributed by atoms with Crippen molar-refractivity contribution in [1.82, 2.24) is 9.88 Å². The SMILES string of the molecule is O=C(O)Cc1csc(-c2c(OCCN3CCOCC3)ccc3ccccc23)n1. The zero-order valence-electron chi connectivity index (χ0n) is 15.5. The minimum absolute atomic E-state index is 0.0749. The Labute approximate surface area is 167 Å². The van der Waals surface area contributed by atoms with Crippen molar-refractivity contribution in [3.63, 3.8) is 0 Å². The van der Waals surface area contributed by atoms with Crippen molar-refractivity contribution < 1.29 is 19.4 Å². The number of morpholine rings is 1. The maximum atomic E-state index is 11.0. The number of nitrogens with zero attached hydrogens (tertiary/aromatic N) is 2. The van der Waals surface area contributed by atoms with Crippen LogP contribution in [0.5, 0.6) is 5.75 Å². The summed E-state index contributed by atoms with van der Waals surface area (Å²) >= 11 is 1.45. The standard InChI is InChI=1S/C21H22N2O4S/c24-19(25)13-16-14-28-21(22-16)20-17-4-2-1-3-15(17)5-6-18(20)27-12-9-23-7-10-26-11-8-23/h1-6,14H,7-13H2,(H,24,25). The summed E-state index contributed by atoms with van der Waals surface area (Å²) in [6, 6.07) is 12.1. The van der Waals surface area contributed by atoms with Crippen molar-refractivity contribution in [3.8, 4) is 16.3 Å². The van der Waals surface area contributed by atoms with Crippen LogP contribution in [0.3, 0.4) is 0 Å². The molecule has 0 spiro atoms. The van der Waals surface area contributed by atoms with Crippen molar-refractivity contribution in [2.24, 2.45) is 0 Å². The first-order valence-corrected chi connectivity index (χ1v) is 10.2. The van der Waals surface area contributed by atoms with Crippen molar-refractivity contribution in [3.05, 3.63) is 47.5 Å². The van der Waals surface area contributed by atoms with Gasteiger partial charge >= 0.3 is 5.97 Å². The second-order valence-electron chi connectivity index (χ2n) is 6.68. The summed E-state index contributed by atoms with van der Waals surface area (Å²) in [5.41, 5.74) is 1.50. The van der Waals surface area contributed by atoms with Gasteiger partial charge in [0.1, 0.15) is 17.4 Å². The molecule has 0 aliphatic carbocycles. The predicted octanol–water partition coefficient (Wildman–Crippen LogP) is 3.30. The number of rotatable bonds is 7. The van der Waals surface area contributed by atoms with Gasteiger partial charge in [0.2, 0.25) is 0 Å².